The van der Waals surface area contributed by atoms with Crippen molar-refractivity contribution in [2.45, 2.75) is 45.6 Å². The molecule has 1 atom stereocenters. The summed E-state index contributed by atoms with van der Waals surface area (Å²) in [5.41, 5.74) is 4.07. The van der Waals surface area contributed by atoms with Crippen molar-refractivity contribution in [3.63, 3.8) is 0 Å². The van der Waals surface area contributed by atoms with E-state index in [2.05, 4.69) is 24.1 Å². The van der Waals surface area contributed by atoms with Crippen LogP contribution in [-0.4, -0.2) is 38.1 Å². The van der Waals surface area contributed by atoms with Crippen LogP contribution in [0, 0.1) is 0 Å². The number of nitrogens with one attached hydrogen (secondary N) is 1. The summed E-state index contributed by atoms with van der Waals surface area (Å²) in [4.78, 5) is 15.2. The van der Waals surface area contributed by atoms with Crippen molar-refractivity contribution in [2.75, 3.05) is 32.6 Å². The lowest BCUT2D eigenvalue weighted by molar-refractivity contribution is -0.117. The van der Waals surface area contributed by atoms with E-state index in [1.165, 1.54) is 0 Å². The van der Waals surface area contributed by atoms with Gasteiger partial charge in [0.1, 0.15) is 11.5 Å². The fourth-order valence-electron chi connectivity index (χ4n) is 4.29. The van der Waals surface area contributed by atoms with Gasteiger partial charge in [-0.15, -0.1) is 0 Å². The summed E-state index contributed by atoms with van der Waals surface area (Å²) in [5, 5.41) is 3.85. The van der Waals surface area contributed by atoms with Crippen LogP contribution in [0.25, 0.3) is 0 Å². The number of aryl methyl sites for hydroxylation is 1. The van der Waals surface area contributed by atoms with Crippen LogP contribution >= 0.6 is 11.6 Å². The Hall–Kier alpha value is -2.24. The third-order valence-electron chi connectivity index (χ3n) is 5.85. The lowest BCUT2D eigenvalue weighted by atomic mass is 10.0. The number of ether oxygens (including phenoxy) is 2. The summed E-state index contributed by atoms with van der Waals surface area (Å²) >= 11 is 6.39. The van der Waals surface area contributed by atoms with Gasteiger partial charge in [0.05, 0.1) is 20.8 Å². The van der Waals surface area contributed by atoms with Crippen molar-refractivity contribution >= 4 is 23.2 Å². The number of nitrogens with zero attached hydrogens (tertiary/aromatic N) is 1. The number of carbonyl (C=O) groups is 1. The molecule has 0 aromatic heterocycles. The van der Waals surface area contributed by atoms with Gasteiger partial charge in [0.15, 0.2) is 0 Å². The maximum atomic E-state index is 13.0. The van der Waals surface area contributed by atoms with Crippen molar-refractivity contribution in [3.8, 4) is 11.5 Å². The molecule has 0 radical (unpaired) electrons. The molecule has 1 aliphatic heterocycles. The molecule has 3 rings (SSSR count). The highest BCUT2D eigenvalue weighted by molar-refractivity contribution is 6.32. The van der Waals surface area contributed by atoms with Crippen LogP contribution < -0.4 is 14.8 Å². The number of rotatable bonds is 8. The molecule has 162 valence electrons. The Morgan fingerprint density at radius 1 is 1.17 bits per heavy atom. The Balaban J connectivity index is 1.78. The summed E-state index contributed by atoms with van der Waals surface area (Å²) < 4.78 is 10.9. The number of hydrogen-bond acceptors (Lipinski definition) is 4. The normalized spacial score (nSPS) is 16.5. The Kier molecular flexibility index (Phi) is 7.62. The summed E-state index contributed by atoms with van der Waals surface area (Å²) in [6, 6.07) is 9.95. The lowest BCUT2D eigenvalue weighted by Crippen LogP contribution is -2.33. The molecular weight excluding hydrogens is 400 g/mol. The Bertz CT molecular complexity index is 900. The number of halogens is 1. The zero-order valence-corrected chi connectivity index (χ0v) is 19.0. The Labute approximate surface area is 184 Å². The van der Waals surface area contributed by atoms with E-state index in [1.54, 1.807) is 14.2 Å². The molecule has 0 saturated carbocycles. The molecular formula is C24H31ClN2O3. The third-order valence-corrected chi connectivity index (χ3v) is 6.21. The highest BCUT2D eigenvalue weighted by Crippen LogP contribution is 2.38. The zero-order chi connectivity index (χ0) is 21.7. The fourth-order valence-corrected chi connectivity index (χ4v) is 4.58. The first-order valence-electron chi connectivity index (χ1n) is 10.6. The van der Waals surface area contributed by atoms with Gasteiger partial charge >= 0.3 is 0 Å². The molecule has 30 heavy (non-hydrogen) atoms. The summed E-state index contributed by atoms with van der Waals surface area (Å²) in [5.74, 6) is 1.54. The van der Waals surface area contributed by atoms with Crippen molar-refractivity contribution in [1.82, 2.24) is 4.90 Å². The van der Waals surface area contributed by atoms with Crippen LogP contribution in [0.3, 0.4) is 0 Å². The highest BCUT2D eigenvalue weighted by Gasteiger charge is 2.30. The van der Waals surface area contributed by atoms with E-state index in [9.17, 15) is 4.79 Å². The molecule has 5 nitrogen and oxygen atoms in total. The SMILES string of the molecule is CCc1ccc(Cl)c(CC)c1NC(=O)CN1CCC[C@@H]1c1ccc(OC)cc1OC. The molecule has 0 unspecified atom stereocenters. The summed E-state index contributed by atoms with van der Waals surface area (Å²) in [6.45, 7) is 5.36. The first-order chi connectivity index (χ1) is 14.5. The molecule has 6 heteroatoms. The van der Waals surface area contributed by atoms with E-state index in [4.69, 9.17) is 21.1 Å². The van der Waals surface area contributed by atoms with Crippen molar-refractivity contribution < 1.29 is 14.3 Å². The maximum Gasteiger partial charge on any atom is 0.238 e. The zero-order valence-electron chi connectivity index (χ0n) is 18.3. The third kappa shape index (κ3) is 4.73. The van der Waals surface area contributed by atoms with Crippen LogP contribution in [0.4, 0.5) is 5.69 Å². The van der Waals surface area contributed by atoms with E-state index >= 15 is 0 Å². The molecule has 1 N–H and O–H groups in total. The molecule has 1 heterocycles. The Morgan fingerprint density at radius 3 is 2.63 bits per heavy atom. The lowest BCUT2D eigenvalue weighted by Gasteiger charge is -2.26. The van der Waals surface area contributed by atoms with Crippen LogP contribution in [0.1, 0.15) is 49.4 Å². The van der Waals surface area contributed by atoms with Crippen molar-refractivity contribution in [1.29, 1.82) is 0 Å². The van der Waals surface area contributed by atoms with Crippen molar-refractivity contribution in [3.05, 3.63) is 52.0 Å². The molecule has 0 bridgehead atoms. The predicted octanol–water partition coefficient (Wildman–Crippen LogP) is 5.26. The molecule has 1 fully saturated rings. The fraction of sp³-hybridized carbons (Fsp3) is 0.458. The van der Waals surface area contributed by atoms with E-state index in [0.29, 0.717) is 11.6 Å². The molecule has 2 aromatic rings. The second kappa shape index (κ2) is 10.2. The average Bonchev–Trinajstić information content (AvgIpc) is 3.21. The molecule has 1 saturated heterocycles. The molecule has 2 aromatic carbocycles. The number of hydrogen-bond donors (Lipinski definition) is 1. The number of benzene rings is 2. The predicted molar refractivity (Wildman–Crippen MR) is 122 cm³/mol. The van der Waals surface area contributed by atoms with Gasteiger partial charge in [0.2, 0.25) is 5.91 Å². The minimum Gasteiger partial charge on any atom is -0.497 e. The van der Waals surface area contributed by atoms with Gasteiger partial charge < -0.3 is 14.8 Å². The molecule has 1 amide bonds. The largest absolute Gasteiger partial charge is 0.497 e. The van der Waals surface area contributed by atoms with Gasteiger partial charge in [-0.1, -0.05) is 37.6 Å². The van der Waals surface area contributed by atoms with Crippen molar-refractivity contribution in [2.24, 2.45) is 0 Å². The van der Waals surface area contributed by atoms with Crippen LogP contribution in [0.15, 0.2) is 30.3 Å². The Morgan fingerprint density at radius 2 is 1.97 bits per heavy atom. The van der Waals surface area contributed by atoms with E-state index < -0.39 is 0 Å². The quantitative estimate of drug-likeness (QED) is 0.620. The molecule has 0 spiro atoms. The molecule has 0 aliphatic carbocycles. The minimum absolute atomic E-state index is 0.0129. The van der Waals surface area contributed by atoms with Gasteiger partial charge in [-0.2, -0.15) is 0 Å². The summed E-state index contributed by atoms with van der Waals surface area (Å²) in [6.07, 6.45) is 3.66. The van der Waals surface area contributed by atoms with Crippen LogP contribution in [-0.2, 0) is 17.6 Å². The van der Waals surface area contributed by atoms with Crippen LogP contribution in [0.5, 0.6) is 11.5 Å². The minimum atomic E-state index is -0.0129. The number of likely N-dealkylation sites (tertiary alicyclic amines) is 1. The topological polar surface area (TPSA) is 50.8 Å². The van der Waals surface area contributed by atoms with Crippen LogP contribution in [0.2, 0.25) is 5.02 Å². The van der Waals surface area contributed by atoms with Gasteiger partial charge in [-0.25, -0.2) is 0 Å². The molecule has 1 aliphatic rings. The van der Waals surface area contributed by atoms with Gasteiger partial charge in [-0.3, -0.25) is 9.69 Å². The first-order valence-corrected chi connectivity index (χ1v) is 11.0. The highest BCUT2D eigenvalue weighted by atomic mass is 35.5. The second-order valence-corrected chi connectivity index (χ2v) is 7.96. The standard InChI is InChI=1S/C24H31ClN2O3/c1-5-16-9-12-20(25)18(6-2)24(16)26-23(28)15-27-13-7-8-21(27)19-11-10-17(29-3)14-22(19)30-4/h9-12,14,21H,5-8,13,15H2,1-4H3,(H,26,28)/t21-/m1/s1. The number of methoxy groups -OCH3 is 2. The second-order valence-electron chi connectivity index (χ2n) is 7.55. The number of carbonyl (C=O) groups excluding carboxylic acids is 1. The van der Waals surface area contributed by atoms with Gasteiger partial charge in [0, 0.05) is 28.4 Å². The van der Waals surface area contributed by atoms with Gasteiger partial charge in [-0.05, 0) is 55.5 Å². The maximum absolute atomic E-state index is 13.0. The monoisotopic (exact) mass is 430 g/mol. The smallest absolute Gasteiger partial charge is 0.238 e. The number of anilines is 1. The van der Waals surface area contributed by atoms with Gasteiger partial charge in [0.25, 0.3) is 0 Å². The average molecular weight is 431 g/mol. The van der Waals surface area contributed by atoms with E-state index in [0.717, 1.165) is 66.1 Å². The summed E-state index contributed by atoms with van der Waals surface area (Å²) in [7, 11) is 3.31. The number of amides is 1. The van der Waals surface area contributed by atoms with E-state index in [-0.39, 0.29) is 11.9 Å². The van der Waals surface area contributed by atoms with E-state index in [1.807, 2.05) is 30.3 Å². The first kappa shape index (κ1) is 22.4.